The smallest absolute Gasteiger partial charge is 0.317 e. The summed E-state index contributed by atoms with van der Waals surface area (Å²) in [6.45, 7) is 8.71. The number of hydrogen-bond donors (Lipinski definition) is 2. The van der Waals surface area contributed by atoms with Crippen LogP contribution in [0.2, 0.25) is 0 Å². The number of rotatable bonds is 8. The van der Waals surface area contributed by atoms with E-state index in [0.717, 1.165) is 32.5 Å². The highest BCUT2D eigenvalue weighted by molar-refractivity contribution is 5.83. The molecule has 0 aromatic heterocycles. The highest BCUT2D eigenvalue weighted by Gasteiger charge is 2.22. The average Bonchev–Trinajstić information content (AvgIpc) is 2.65. The number of piperidine rings is 1. The maximum absolute atomic E-state index is 12.4. The predicted octanol–water partition coefficient (Wildman–Crippen LogP) is 2.07. The Morgan fingerprint density at radius 3 is 2.65 bits per heavy atom. The molecule has 6 nitrogen and oxygen atoms in total. The lowest BCUT2D eigenvalue weighted by Gasteiger charge is -2.33. The molecule has 1 aliphatic rings. The molecule has 26 heavy (non-hydrogen) atoms. The van der Waals surface area contributed by atoms with Gasteiger partial charge in [-0.05, 0) is 44.7 Å². The molecule has 0 spiro atoms. The van der Waals surface area contributed by atoms with E-state index in [1.165, 1.54) is 5.56 Å². The van der Waals surface area contributed by atoms with E-state index in [9.17, 15) is 9.59 Å². The summed E-state index contributed by atoms with van der Waals surface area (Å²) in [5.41, 5.74) is 1.33. The van der Waals surface area contributed by atoms with Crippen molar-refractivity contribution in [1.29, 1.82) is 0 Å². The van der Waals surface area contributed by atoms with Gasteiger partial charge in [0.1, 0.15) is 6.54 Å². The molecule has 1 atom stereocenters. The first-order chi connectivity index (χ1) is 12.6. The van der Waals surface area contributed by atoms with Crippen molar-refractivity contribution in [3.63, 3.8) is 0 Å². The topological polar surface area (TPSA) is 64.7 Å². The molecule has 1 aliphatic heterocycles. The lowest BCUT2D eigenvalue weighted by atomic mass is 9.97. The fraction of sp³-hybridized carbons (Fsp3) is 0.600. The van der Waals surface area contributed by atoms with Crippen molar-refractivity contribution in [3.05, 3.63) is 35.9 Å². The molecule has 144 valence electrons. The first kappa shape index (κ1) is 20.2. The average molecular weight is 361 g/mol. The largest absolute Gasteiger partial charge is 0.355 e. The molecule has 2 rings (SSSR count). The van der Waals surface area contributed by atoms with Crippen LogP contribution in [-0.2, 0) is 11.3 Å². The number of amides is 3. The molecule has 0 aliphatic carbocycles. The maximum atomic E-state index is 12.4. The third kappa shape index (κ3) is 6.67. The van der Waals surface area contributed by atoms with Crippen LogP contribution in [0, 0.1) is 5.92 Å². The number of likely N-dealkylation sites (tertiary alicyclic amines) is 1. The van der Waals surface area contributed by atoms with Gasteiger partial charge in [0.25, 0.3) is 0 Å². The highest BCUT2D eigenvalue weighted by atomic mass is 16.2. The van der Waals surface area contributed by atoms with Gasteiger partial charge in [0, 0.05) is 32.7 Å². The first-order valence-corrected chi connectivity index (χ1v) is 9.68. The van der Waals surface area contributed by atoms with Crippen LogP contribution in [0.3, 0.4) is 0 Å². The highest BCUT2D eigenvalue weighted by Crippen LogP contribution is 2.18. The zero-order valence-corrected chi connectivity index (χ0v) is 16.0. The van der Waals surface area contributed by atoms with Gasteiger partial charge in [0.2, 0.25) is 5.91 Å². The lowest BCUT2D eigenvalue weighted by Crippen LogP contribution is -2.48. The van der Waals surface area contributed by atoms with Crippen LogP contribution in [0.5, 0.6) is 0 Å². The summed E-state index contributed by atoms with van der Waals surface area (Å²) in [6.07, 6.45) is 2.29. The van der Waals surface area contributed by atoms with Crippen molar-refractivity contribution in [2.24, 2.45) is 5.92 Å². The van der Waals surface area contributed by atoms with Crippen LogP contribution in [0.15, 0.2) is 30.3 Å². The Morgan fingerprint density at radius 1 is 1.19 bits per heavy atom. The third-order valence-electron chi connectivity index (χ3n) is 4.77. The van der Waals surface area contributed by atoms with E-state index < -0.39 is 0 Å². The molecule has 6 heteroatoms. The summed E-state index contributed by atoms with van der Waals surface area (Å²) in [7, 11) is 0. The Hall–Kier alpha value is -2.08. The molecule has 0 radical (unpaired) electrons. The number of likely N-dealkylation sites (N-methyl/N-ethyl adjacent to an activating group) is 2. The molecular formula is C20H32N4O2. The minimum atomic E-state index is -0.154. The Kier molecular flexibility index (Phi) is 8.41. The fourth-order valence-corrected chi connectivity index (χ4v) is 3.40. The standard InChI is InChI=1S/C20H32N4O2/c1-3-21-19(25)16-24(4-2)20(26)22-13-18-11-8-12-23(15-18)14-17-9-6-5-7-10-17/h5-7,9-10,18H,3-4,8,11-16H2,1-2H3,(H,21,25)(H,22,26)/t18-/m1/s1. The predicted molar refractivity (Wildman–Crippen MR) is 104 cm³/mol. The van der Waals surface area contributed by atoms with E-state index in [4.69, 9.17) is 0 Å². The van der Waals surface area contributed by atoms with Gasteiger partial charge in [-0.15, -0.1) is 0 Å². The first-order valence-electron chi connectivity index (χ1n) is 9.68. The molecule has 2 N–H and O–H groups in total. The molecule has 3 amide bonds. The van der Waals surface area contributed by atoms with E-state index in [1.807, 2.05) is 19.9 Å². The molecular weight excluding hydrogens is 328 g/mol. The van der Waals surface area contributed by atoms with Crippen LogP contribution < -0.4 is 10.6 Å². The quantitative estimate of drug-likeness (QED) is 0.746. The minimum Gasteiger partial charge on any atom is -0.355 e. The normalized spacial score (nSPS) is 17.5. The third-order valence-corrected chi connectivity index (χ3v) is 4.77. The van der Waals surface area contributed by atoms with Gasteiger partial charge in [-0.2, -0.15) is 0 Å². The Morgan fingerprint density at radius 2 is 1.96 bits per heavy atom. The number of carbonyl (C=O) groups is 2. The van der Waals surface area contributed by atoms with Crippen LogP contribution in [0.25, 0.3) is 0 Å². The summed E-state index contributed by atoms with van der Waals surface area (Å²) in [4.78, 5) is 28.1. The number of benzene rings is 1. The molecule has 1 fully saturated rings. The van der Waals surface area contributed by atoms with Gasteiger partial charge in [-0.1, -0.05) is 30.3 Å². The summed E-state index contributed by atoms with van der Waals surface area (Å²) in [6, 6.07) is 10.4. The number of nitrogens with one attached hydrogen (secondary N) is 2. The molecule has 1 saturated heterocycles. The van der Waals surface area contributed by atoms with E-state index in [1.54, 1.807) is 4.90 Å². The fourth-order valence-electron chi connectivity index (χ4n) is 3.40. The summed E-state index contributed by atoms with van der Waals surface area (Å²) in [5, 5.41) is 5.75. The second kappa shape index (κ2) is 10.8. The molecule has 0 saturated carbocycles. The number of nitrogens with zero attached hydrogens (tertiary/aromatic N) is 2. The van der Waals surface area contributed by atoms with Crippen molar-refractivity contribution in [3.8, 4) is 0 Å². The minimum absolute atomic E-state index is 0.112. The van der Waals surface area contributed by atoms with Gasteiger partial charge >= 0.3 is 6.03 Å². The van der Waals surface area contributed by atoms with E-state index in [2.05, 4.69) is 39.8 Å². The summed E-state index contributed by atoms with van der Waals surface area (Å²) in [5.74, 6) is 0.343. The molecule has 1 aromatic rings. The monoisotopic (exact) mass is 360 g/mol. The number of hydrogen-bond acceptors (Lipinski definition) is 3. The summed E-state index contributed by atoms with van der Waals surface area (Å²) >= 11 is 0. The van der Waals surface area contributed by atoms with Crippen LogP contribution in [-0.4, -0.2) is 61.0 Å². The van der Waals surface area contributed by atoms with Gasteiger partial charge in [-0.3, -0.25) is 9.69 Å². The summed E-state index contributed by atoms with van der Waals surface area (Å²) < 4.78 is 0. The SMILES string of the molecule is CCNC(=O)CN(CC)C(=O)NC[C@H]1CCCN(Cc2ccccc2)C1. The lowest BCUT2D eigenvalue weighted by molar-refractivity contribution is -0.121. The second-order valence-electron chi connectivity index (χ2n) is 6.88. The van der Waals surface area contributed by atoms with E-state index in [-0.39, 0.29) is 18.5 Å². The van der Waals surface area contributed by atoms with Gasteiger partial charge in [-0.25, -0.2) is 4.79 Å². The van der Waals surface area contributed by atoms with Crippen molar-refractivity contribution in [2.45, 2.75) is 33.2 Å². The van der Waals surface area contributed by atoms with E-state index >= 15 is 0 Å². The van der Waals surface area contributed by atoms with Crippen molar-refractivity contribution >= 4 is 11.9 Å². The maximum Gasteiger partial charge on any atom is 0.317 e. The van der Waals surface area contributed by atoms with Crippen LogP contribution in [0.4, 0.5) is 4.79 Å². The zero-order chi connectivity index (χ0) is 18.8. The van der Waals surface area contributed by atoms with Crippen molar-refractivity contribution in [2.75, 3.05) is 39.3 Å². The Labute approximate surface area is 156 Å². The molecule has 0 bridgehead atoms. The molecule has 1 heterocycles. The number of carbonyl (C=O) groups excluding carboxylic acids is 2. The van der Waals surface area contributed by atoms with Gasteiger partial charge in [0.05, 0.1) is 0 Å². The van der Waals surface area contributed by atoms with Gasteiger partial charge < -0.3 is 15.5 Å². The van der Waals surface area contributed by atoms with Crippen molar-refractivity contribution in [1.82, 2.24) is 20.4 Å². The number of urea groups is 1. The molecule has 0 unspecified atom stereocenters. The Bertz CT molecular complexity index is 564. The van der Waals surface area contributed by atoms with Crippen molar-refractivity contribution < 1.29 is 9.59 Å². The second-order valence-corrected chi connectivity index (χ2v) is 6.88. The van der Waals surface area contributed by atoms with E-state index in [0.29, 0.717) is 25.6 Å². The Balaban J connectivity index is 1.76. The zero-order valence-electron chi connectivity index (χ0n) is 16.0. The van der Waals surface area contributed by atoms with Gasteiger partial charge in [0.15, 0.2) is 0 Å². The van der Waals surface area contributed by atoms with Crippen LogP contribution >= 0.6 is 0 Å². The van der Waals surface area contributed by atoms with Crippen LogP contribution in [0.1, 0.15) is 32.3 Å². The molecule has 1 aromatic carbocycles.